The number of benzene rings is 1. The third-order valence-electron chi connectivity index (χ3n) is 3.39. The molecule has 98 valence electrons. The molecule has 3 nitrogen and oxygen atoms in total. The lowest BCUT2D eigenvalue weighted by Gasteiger charge is -2.07. The molecular formula is C15H20O3. The summed E-state index contributed by atoms with van der Waals surface area (Å²) in [5, 5.41) is 0. The number of epoxide rings is 1. The number of ether oxygens (including phenoxy) is 2. The van der Waals surface area contributed by atoms with Crippen LogP contribution in [0.3, 0.4) is 0 Å². The van der Waals surface area contributed by atoms with E-state index in [-0.39, 0.29) is 5.97 Å². The van der Waals surface area contributed by atoms with Gasteiger partial charge in [-0.25, -0.2) is 4.79 Å². The summed E-state index contributed by atoms with van der Waals surface area (Å²) in [6.07, 6.45) is 1.48. The second-order valence-corrected chi connectivity index (χ2v) is 4.99. The third kappa shape index (κ3) is 2.56. The Bertz CT molecular complexity index is 424. The average molecular weight is 248 g/mol. The van der Waals surface area contributed by atoms with Crippen LogP contribution in [-0.2, 0) is 19.9 Å². The molecule has 18 heavy (non-hydrogen) atoms. The molecule has 0 aromatic heterocycles. The van der Waals surface area contributed by atoms with Crippen molar-refractivity contribution in [1.29, 1.82) is 0 Å². The molecule has 0 amide bonds. The van der Waals surface area contributed by atoms with Crippen molar-refractivity contribution >= 4 is 5.97 Å². The largest absolute Gasteiger partial charge is 0.464 e. The standard InChI is InChI=1S/C15H20O3/c1-4-5-10-17-14(16)13-15(3,18-13)12-8-6-11(2)7-9-12/h6-9,13H,4-5,10H2,1-3H3. The van der Waals surface area contributed by atoms with E-state index < -0.39 is 11.7 Å². The fourth-order valence-corrected chi connectivity index (χ4v) is 1.98. The molecule has 1 aliphatic rings. The van der Waals surface area contributed by atoms with Gasteiger partial charge < -0.3 is 9.47 Å². The molecule has 2 unspecified atom stereocenters. The van der Waals surface area contributed by atoms with Crippen LogP contribution in [0.1, 0.15) is 37.8 Å². The molecule has 0 N–H and O–H groups in total. The minimum atomic E-state index is -0.503. The molecule has 2 rings (SSSR count). The summed E-state index contributed by atoms with van der Waals surface area (Å²) < 4.78 is 10.7. The summed E-state index contributed by atoms with van der Waals surface area (Å²) in [6, 6.07) is 8.08. The number of carbonyl (C=O) groups is 1. The quantitative estimate of drug-likeness (QED) is 0.457. The molecule has 2 atom stereocenters. The van der Waals surface area contributed by atoms with Gasteiger partial charge in [0.15, 0.2) is 6.10 Å². The minimum Gasteiger partial charge on any atom is -0.464 e. The number of hydrogen-bond acceptors (Lipinski definition) is 3. The van der Waals surface area contributed by atoms with Crippen LogP contribution in [0.2, 0.25) is 0 Å². The van der Waals surface area contributed by atoms with Crippen molar-refractivity contribution in [3.05, 3.63) is 35.4 Å². The van der Waals surface area contributed by atoms with Gasteiger partial charge in [-0.2, -0.15) is 0 Å². The summed E-state index contributed by atoms with van der Waals surface area (Å²) in [6.45, 7) is 6.52. The minimum absolute atomic E-state index is 0.244. The summed E-state index contributed by atoms with van der Waals surface area (Å²) in [5.41, 5.74) is 1.73. The van der Waals surface area contributed by atoms with Gasteiger partial charge in [0.25, 0.3) is 0 Å². The highest BCUT2D eigenvalue weighted by Crippen LogP contribution is 2.46. The molecule has 1 saturated heterocycles. The predicted octanol–water partition coefficient (Wildman–Crippen LogP) is 2.95. The Balaban J connectivity index is 1.95. The Morgan fingerprint density at radius 1 is 1.39 bits per heavy atom. The van der Waals surface area contributed by atoms with Crippen molar-refractivity contribution in [2.75, 3.05) is 6.61 Å². The van der Waals surface area contributed by atoms with E-state index in [2.05, 4.69) is 6.92 Å². The first-order valence-electron chi connectivity index (χ1n) is 6.49. The first-order valence-corrected chi connectivity index (χ1v) is 6.49. The molecule has 0 aliphatic carbocycles. The normalized spacial score (nSPS) is 25.8. The molecule has 0 radical (unpaired) electrons. The van der Waals surface area contributed by atoms with E-state index in [9.17, 15) is 4.79 Å². The summed E-state index contributed by atoms with van der Waals surface area (Å²) in [4.78, 5) is 11.8. The van der Waals surface area contributed by atoms with Gasteiger partial charge in [0.1, 0.15) is 5.60 Å². The monoisotopic (exact) mass is 248 g/mol. The van der Waals surface area contributed by atoms with Gasteiger partial charge in [-0.3, -0.25) is 0 Å². The van der Waals surface area contributed by atoms with E-state index in [1.54, 1.807) is 0 Å². The van der Waals surface area contributed by atoms with Crippen molar-refractivity contribution in [3.63, 3.8) is 0 Å². The number of rotatable bonds is 5. The van der Waals surface area contributed by atoms with Gasteiger partial charge in [0.05, 0.1) is 6.61 Å². The van der Waals surface area contributed by atoms with Gasteiger partial charge in [-0.1, -0.05) is 43.2 Å². The fourth-order valence-electron chi connectivity index (χ4n) is 1.98. The SMILES string of the molecule is CCCCOC(=O)C1OC1(C)c1ccc(C)cc1. The van der Waals surface area contributed by atoms with E-state index in [1.165, 1.54) is 5.56 Å². The van der Waals surface area contributed by atoms with Gasteiger partial charge in [-0.15, -0.1) is 0 Å². The van der Waals surface area contributed by atoms with Crippen LogP contribution in [0.4, 0.5) is 0 Å². The van der Waals surface area contributed by atoms with Crippen LogP contribution in [0.15, 0.2) is 24.3 Å². The maximum Gasteiger partial charge on any atom is 0.338 e. The zero-order valence-electron chi connectivity index (χ0n) is 11.2. The number of esters is 1. The van der Waals surface area contributed by atoms with E-state index in [0.29, 0.717) is 6.61 Å². The molecule has 3 heteroatoms. The van der Waals surface area contributed by atoms with Crippen LogP contribution in [0.25, 0.3) is 0 Å². The van der Waals surface area contributed by atoms with Crippen molar-refractivity contribution in [2.24, 2.45) is 0 Å². The highest BCUT2D eigenvalue weighted by molar-refractivity contribution is 5.79. The number of hydrogen-bond donors (Lipinski definition) is 0. The Kier molecular flexibility index (Phi) is 3.71. The Morgan fingerprint density at radius 2 is 2.06 bits per heavy atom. The Hall–Kier alpha value is -1.35. The van der Waals surface area contributed by atoms with Crippen LogP contribution in [0, 0.1) is 6.92 Å². The Labute approximate surface area is 108 Å². The van der Waals surface area contributed by atoms with Gasteiger partial charge in [0.2, 0.25) is 0 Å². The maximum atomic E-state index is 11.8. The maximum absolute atomic E-state index is 11.8. The molecule has 0 spiro atoms. The molecular weight excluding hydrogens is 228 g/mol. The molecule has 1 aromatic rings. The van der Waals surface area contributed by atoms with E-state index in [4.69, 9.17) is 9.47 Å². The van der Waals surface area contributed by atoms with Crippen molar-refractivity contribution in [3.8, 4) is 0 Å². The first kappa shape index (κ1) is 13.1. The summed E-state index contributed by atoms with van der Waals surface area (Å²) >= 11 is 0. The smallest absolute Gasteiger partial charge is 0.338 e. The van der Waals surface area contributed by atoms with Crippen LogP contribution in [0.5, 0.6) is 0 Å². The second-order valence-electron chi connectivity index (χ2n) is 4.99. The van der Waals surface area contributed by atoms with Gasteiger partial charge in [-0.05, 0) is 25.8 Å². The predicted molar refractivity (Wildman–Crippen MR) is 69.3 cm³/mol. The highest BCUT2D eigenvalue weighted by atomic mass is 16.7. The number of carbonyl (C=O) groups excluding carboxylic acids is 1. The van der Waals surface area contributed by atoms with Crippen LogP contribution < -0.4 is 0 Å². The summed E-state index contributed by atoms with van der Waals surface area (Å²) in [5.74, 6) is -0.244. The lowest BCUT2D eigenvalue weighted by molar-refractivity contribution is -0.145. The average Bonchev–Trinajstić information content (AvgIpc) is 3.04. The second kappa shape index (κ2) is 5.11. The molecule has 1 aromatic carbocycles. The van der Waals surface area contributed by atoms with E-state index in [1.807, 2.05) is 38.1 Å². The van der Waals surface area contributed by atoms with Crippen molar-refractivity contribution in [2.45, 2.75) is 45.3 Å². The van der Waals surface area contributed by atoms with Gasteiger partial charge in [0, 0.05) is 0 Å². The fraction of sp³-hybridized carbons (Fsp3) is 0.533. The molecule has 1 aliphatic heterocycles. The first-order chi connectivity index (χ1) is 8.58. The lowest BCUT2D eigenvalue weighted by Crippen LogP contribution is -2.19. The van der Waals surface area contributed by atoms with Crippen molar-refractivity contribution < 1.29 is 14.3 Å². The zero-order chi connectivity index (χ0) is 13.2. The van der Waals surface area contributed by atoms with E-state index in [0.717, 1.165) is 18.4 Å². The summed E-state index contributed by atoms with van der Waals surface area (Å²) in [7, 11) is 0. The van der Waals surface area contributed by atoms with Gasteiger partial charge >= 0.3 is 5.97 Å². The molecule has 1 heterocycles. The zero-order valence-corrected chi connectivity index (χ0v) is 11.2. The number of unbranched alkanes of at least 4 members (excludes halogenated alkanes) is 1. The topological polar surface area (TPSA) is 38.8 Å². The van der Waals surface area contributed by atoms with Crippen molar-refractivity contribution in [1.82, 2.24) is 0 Å². The third-order valence-corrected chi connectivity index (χ3v) is 3.39. The molecule has 0 bridgehead atoms. The van der Waals surface area contributed by atoms with Crippen LogP contribution in [-0.4, -0.2) is 18.7 Å². The lowest BCUT2D eigenvalue weighted by atomic mass is 9.96. The Morgan fingerprint density at radius 3 is 2.67 bits per heavy atom. The highest BCUT2D eigenvalue weighted by Gasteiger charge is 2.59. The molecule has 0 saturated carbocycles. The van der Waals surface area contributed by atoms with E-state index >= 15 is 0 Å². The van der Waals surface area contributed by atoms with Crippen LogP contribution >= 0.6 is 0 Å². The molecule has 1 fully saturated rings. The number of aryl methyl sites for hydroxylation is 1.